The van der Waals surface area contributed by atoms with Crippen molar-refractivity contribution in [3.8, 4) is 45.6 Å². The highest BCUT2D eigenvalue weighted by molar-refractivity contribution is 6.05. The Labute approximate surface area is 863 Å². The van der Waals surface area contributed by atoms with Crippen molar-refractivity contribution in [2.45, 2.75) is 285 Å². The fourth-order valence-corrected chi connectivity index (χ4v) is 31.6. The number of hydrogen-bond donors (Lipinski definition) is 12. The number of pyridine rings is 1. The summed E-state index contributed by atoms with van der Waals surface area (Å²) in [5, 5.41) is 26.2. The number of fused-ring (bicyclic) bond motifs is 4. The van der Waals surface area contributed by atoms with Crippen LogP contribution in [0.1, 0.15) is 327 Å². The molecule has 13 aromatic rings. The SMILES string of the molecule is O=C(NC12CC3CC(CC(C3)C1)C2)c1ccc(-c2nc3ccc(C(=O)NC45CC6CC(CC(C6)C4)C5)cc3[nH]2)cc1.O=C(NC1CCCCC1)c1ccc(-c2nc3ccc(C(=O)NC45CC6CC(CC(C6)C4)C5)cc3[nH]2)cc1.O=C(NC1CCCCC1)c1ccc2nc(-c3ccc(C(=O)NC4C5CC6CC(C5)CC4C6)cc3)[nH]c2c1.O=C(Nc1ccccn1)c1ccc(-c2nc3ccc(C(=O)NC4CCCCC4)cc3[nH]2)cc1. The van der Waals surface area contributed by atoms with Crippen molar-refractivity contribution in [3.05, 3.63) is 239 Å². The Bertz CT molecular complexity index is 7050. The van der Waals surface area contributed by atoms with Crippen molar-refractivity contribution in [1.29, 1.82) is 0 Å². The number of H-pyrrole nitrogens is 4. The van der Waals surface area contributed by atoms with Gasteiger partial charge in [-0.05, 0) is 397 Å². The van der Waals surface area contributed by atoms with E-state index in [0.717, 1.165) is 245 Å². The lowest BCUT2D eigenvalue weighted by atomic mass is 9.53. The third-order valence-electron chi connectivity index (χ3n) is 37.2. The monoisotopic (exact) mass is 1980 g/mol. The molecule has 5 heterocycles. The van der Waals surface area contributed by atoms with E-state index in [0.29, 0.717) is 80.1 Å². The zero-order chi connectivity index (χ0) is 99.9. The first kappa shape index (κ1) is 95.5. The van der Waals surface area contributed by atoms with Gasteiger partial charge in [-0.3, -0.25) is 38.4 Å². The molecule has 8 aromatic carbocycles. The smallest absolute Gasteiger partial charge is 0.256 e. The van der Waals surface area contributed by atoms with Crippen molar-refractivity contribution in [2.75, 3.05) is 5.32 Å². The van der Waals surface area contributed by atoms with Crippen LogP contribution in [0.3, 0.4) is 0 Å². The summed E-state index contributed by atoms with van der Waals surface area (Å²) in [7, 11) is 0. The van der Waals surface area contributed by atoms with Gasteiger partial charge in [-0.2, -0.15) is 0 Å². The second kappa shape index (κ2) is 40.2. The molecule has 0 saturated heterocycles. The van der Waals surface area contributed by atoms with Crippen molar-refractivity contribution in [1.82, 2.24) is 82.1 Å². The van der Waals surface area contributed by atoms with E-state index in [1.807, 2.05) is 164 Å². The number of aromatic amines is 4. The molecule has 25 nitrogen and oxygen atoms in total. The Balaban J connectivity index is 0.000000103. The first-order chi connectivity index (χ1) is 72.1. The molecule has 148 heavy (non-hydrogen) atoms. The van der Waals surface area contributed by atoms with Gasteiger partial charge >= 0.3 is 0 Å². The minimum Gasteiger partial charge on any atom is -0.349 e. The van der Waals surface area contributed by atoms with E-state index >= 15 is 0 Å². The van der Waals surface area contributed by atoms with Gasteiger partial charge < -0.3 is 62.5 Å². The van der Waals surface area contributed by atoms with Gasteiger partial charge in [-0.1, -0.05) is 112 Å². The molecule has 19 aliphatic rings. The summed E-state index contributed by atoms with van der Waals surface area (Å²) < 4.78 is 0. The van der Waals surface area contributed by atoms with Crippen LogP contribution in [0.5, 0.6) is 0 Å². The Morgan fingerprint density at radius 2 is 0.500 bits per heavy atom. The maximum Gasteiger partial charge on any atom is 0.256 e. The van der Waals surface area contributed by atoms with Crippen LogP contribution in [-0.4, -0.2) is 133 Å². The Kier molecular flexibility index (Phi) is 25.9. The molecule has 25 heteroatoms. The molecule has 0 unspecified atom stereocenters. The van der Waals surface area contributed by atoms with E-state index in [1.165, 1.54) is 148 Å². The van der Waals surface area contributed by atoms with E-state index in [1.54, 1.807) is 30.5 Å². The van der Waals surface area contributed by atoms with Crippen LogP contribution >= 0.6 is 0 Å². The number of aromatic nitrogens is 9. The third-order valence-corrected chi connectivity index (χ3v) is 37.2. The molecule has 19 saturated carbocycles. The molecule has 762 valence electrons. The van der Waals surface area contributed by atoms with Crippen LogP contribution in [0, 0.1) is 76.9 Å². The van der Waals surface area contributed by atoms with Crippen molar-refractivity contribution in [3.63, 3.8) is 0 Å². The number of nitrogens with zero attached hydrogens (tertiary/aromatic N) is 5. The van der Waals surface area contributed by atoms with Gasteiger partial charge in [0.2, 0.25) is 0 Å². The average molecular weight is 1980 g/mol. The van der Waals surface area contributed by atoms with Gasteiger partial charge in [-0.15, -0.1) is 0 Å². The largest absolute Gasteiger partial charge is 0.349 e. The standard InChI is InChI=1S/C35H40N4O2.2C31H36N4O2.C26H25N5O2/c40-32(38-34-14-20-7-21(15-34)9-22(8-20)16-34)27-3-1-26(2-4-27)31-36-29-6-5-28(13-30(29)37-31)33(41)39-35-17-23-10-24(18-35)12-25(11-23)19-35;36-29(32-25-4-2-1-3-5-25)23-8-6-22(7-9-23)28-33-26-11-10-24(15-27(26)34-28)30(37)35-31-16-19-12-20(17-31)14-21(13-19)18-31;36-30(35-28-23-13-18-12-19(15-23)16-24(28)14-18)21-8-6-20(7-9-21)29-33-26-11-10-22(17-27(26)34-29)31(37)32-25-4-2-1-3-5-25;32-25(31-23-8-4-5-15-27-23)18-11-9-17(10-12-18)24-29-21-14-13-19(16-22(21)30-24)26(33)28-20-6-2-1-3-7-20/h1-6,13,20-25H,7-12,14-19H2,(H,36,37)(H,38,40)(H,39,41);6-11,15,19-21,25H,1-5,12-14,16-18H2,(H,32,36)(H,33,34)(H,35,37);6-11,17-19,23-25,28H,1-5,12-16H2,(H,32,37)(H,33,34)(H,35,36);4-5,8-16,20H,1-3,6-7H2,(H,28,33)(H,29,30)(H,27,31,32). The van der Waals surface area contributed by atoms with Gasteiger partial charge in [0, 0.05) is 114 Å². The summed E-state index contributed by atoms with van der Waals surface area (Å²) in [5.74, 6) is 13.7. The van der Waals surface area contributed by atoms with Crippen LogP contribution in [0.2, 0.25) is 0 Å². The number of amides is 8. The molecule has 0 spiro atoms. The molecule has 19 aliphatic carbocycles. The molecule has 0 aliphatic heterocycles. The number of carbonyl (C=O) groups is 8. The molecule has 16 bridgehead atoms. The lowest BCUT2D eigenvalue weighted by molar-refractivity contribution is -0.0171. The number of benzene rings is 8. The highest BCUT2D eigenvalue weighted by atomic mass is 16.2. The van der Waals surface area contributed by atoms with Crippen molar-refractivity contribution in [2.24, 2.45) is 76.9 Å². The van der Waals surface area contributed by atoms with E-state index < -0.39 is 0 Å². The zero-order valence-electron chi connectivity index (χ0n) is 84.7. The average Bonchev–Trinajstić information content (AvgIpc) is 0.930. The topological polar surface area (TPSA) is 360 Å². The van der Waals surface area contributed by atoms with Crippen LogP contribution in [0.4, 0.5) is 5.82 Å². The van der Waals surface area contributed by atoms with Gasteiger partial charge in [0.05, 0.1) is 44.1 Å². The summed E-state index contributed by atoms with van der Waals surface area (Å²) in [4.78, 5) is 140. The van der Waals surface area contributed by atoms with E-state index in [-0.39, 0.29) is 76.0 Å². The fourth-order valence-electron chi connectivity index (χ4n) is 31.6. The predicted molar refractivity (Wildman–Crippen MR) is 575 cm³/mol. The highest BCUT2D eigenvalue weighted by Gasteiger charge is 2.56. The van der Waals surface area contributed by atoms with Gasteiger partial charge in [0.1, 0.15) is 29.1 Å². The first-order valence-corrected chi connectivity index (χ1v) is 56.0. The highest BCUT2D eigenvalue weighted by Crippen LogP contribution is 2.60. The van der Waals surface area contributed by atoms with Gasteiger partial charge in [-0.25, -0.2) is 24.9 Å². The summed E-state index contributed by atoms with van der Waals surface area (Å²) >= 11 is 0. The zero-order valence-corrected chi connectivity index (χ0v) is 84.7. The molecule has 5 aromatic heterocycles. The first-order valence-electron chi connectivity index (χ1n) is 56.0. The Hall–Kier alpha value is -13.5. The number of hydrogen-bond acceptors (Lipinski definition) is 13. The minimum absolute atomic E-state index is 0.00210. The molecule has 19 fully saturated rings. The number of imidazole rings is 4. The molecule has 8 amide bonds. The van der Waals surface area contributed by atoms with Crippen LogP contribution in [0.25, 0.3) is 89.7 Å². The van der Waals surface area contributed by atoms with E-state index in [9.17, 15) is 38.4 Å². The van der Waals surface area contributed by atoms with Crippen LogP contribution in [0.15, 0.2) is 194 Å². The number of carbonyl (C=O) groups excluding carboxylic acids is 8. The lowest BCUT2D eigenvalue weighted by Gasteiger charge is -2.56. The quantitative estimate of drug-likeness (QED) is 0.0338. The summed E-state index contributed by atoms with van der Waals surface area (Å²) in [6, 6.07) is 59.6. The number of nitrogens with one attached hydrogen (secondary N) is 12. The minimum atomic E-state index is -0.224. The molecule has 32 rings (SSSR count). The number of rotatable bonds is 20. The predicted octanol–water partition coefficient (Wildman–Crippen LogP) is 23.4. The molecule has 0 atom stereocenters. The van der Waals surface area contributed by atoms with Crippen molar-refractivity contribution >= 4 is 97.2 Å². The fraction of sp³-hybridized carbons (Fsp3) is 0.472. The summed E-state index contributed by atoms with van der Waals surface area (Å²) in [6.45, 7) is 0. The second-order valence-electron chi connectivity index (χ2n) is 48.1. The molecular formula is C123H137N17O8. The Morgan fingerprint density at radius 1 is 0.250 bits per heavy atom. The van der Waals surface area contributed by atoms with E-state index in [2.05, 4.69) is 72.4 Å². The lowest BCUT2D eigenvalue weighted by Crippen LogP contribution is -2.59. The maximum atomic E-state index is 13.4. The molecule has 12 N–H and O–H groups in total. The maximum absolute atomic E-state index is 13.4. The normalized spacial score (nSPS) is 28.1. The summed E-state index contributed by atoms with van der Waals surface area (Å²) in [6.07, 6.45) is 48.2. The molecular weight excluding hydrogens is 1840 g/mol. The third kappa shape index (κ3) is 20.5. The van der Waals surface area contributed by atoms with Gasteiger partial charge in [0.15, 0.2) is 0 Å². The van der Waals surface area contributed by atoms with Crippen molar-refractivity contribution < 1.29 is 38.4 Å². The second-order valence-corrected chi connectivity index (χ2v) is 48.1. The van der Waals surface area contributed by atoms with Gasteiger partial charge in [0.25, 0.3) is 47.3 Å². The van der Waals surface area contributed by atoms with Crippen LogP contribution < -0.4 is 42.5 Å². The molecule has 0 radical (unpaired) electrons. The Morgan fingerprint density at radius 3 is 0.791 bits per heavy atom. The van der Waals surface area contributed by atoms with E-state index in [4.69, 9.17) is 15.0 Å². The number of anilines is 1. The summed E-state index contributed by atoms with van der Waals surface area (Å²) in [5.41, 5.74) is 15.6. The van der Waals surface area contributed by atoms with Crippen LogP contribution in [-0.2, 0) is 0 Å².